The minimum absolute atomic E-state index is 0.0482. The first-order valence-corrected chi connectivity index (χ1v) is 7.73. The van der Waals surface area contributed by atoms with Crippen molar-refractivity contribution in [1.82, 2.24) is 4.57 Å². The van der Waals surface area contributed by atoms with Crippen molar-refractivity contribution in [2.45, 2.75) is 25.0 Å². The van der Waals surface area contributed by atoms with Crippen LogP contribution in [0.15, 0.2) is 47.4 Å². The van der Waals surface area contributed by atoms with E-state index < -0.39 is 16.9 Å². The lowest BCUT2D eigenvalue weighted by Crippen LogP contribution is -2.30. The van der Waals surface area contributed by atoms with Crippen molar-refractivity contribution in [3.8, 4) is 5.75 Å². The summed E-state index contributed by atoms with van der Waals surface area (Å²) in [5.74, 6) is -0.705. The first-order valence-electron chi connectivity index (χ1n) is 7.73. The van der Waals surface area contributed by atoms with Crippen molar-refractivity contribution in [2.24, 2.45) is 0 Å². The Hall–Kier alpha value is -2.60. The Morgan fingerprint density at radius 3 is 2.54 bits per heavy atom. The van der Waals surface area contributed by atoms with Gasteiger partial charge in [0.2, 0.25) is 5.43 Å². The first-order chi connectivity index (χ1) is 11.6. The summed E-state index contributed by atoms with van der Waals surface area (Å²) < 4.78 is 12.1. The summed E-state index contributed by atoms with van der Waals surface area (Å²) in [5.41, 5.74) is -0.0163. The molecule has 3 rings (SSSR count). The van der Waals surface area contributed by atoms with Crippen LogP contribution in [0.1, 0.15) is 28.9 Å². The number of hydrogen-bond donors (Lipinski definition) is 1. The molecule has 0 saturated heterocycles. The van der Waals surface area contributed by atoms with Crippen LogP contribution in [0.5, 0.6) is 5.75 Å². The number of carbonyl (C=O) groups is 1. The van der Waals surface area contributed by atoms with Gasteiger partial charge < -0.3 is 19.1 Å². The fourth-order valence-electron chi connectivity index (χ4n) is 2.69. The molecular formula is C18H19NO5. The van der Waals surface area contributed by atoms with Gasteiger partial charge in [-0.05, 0) is 18.4 Å². The summed E-state index contributed by atoms with van der Waals surface area (Å²) in [6, 6.07) is 10.7. The Morgan fingerprint density at radius 1 is 1.25 bits per heavy atom. The van der Waals surface area contributed by atoms with Gasteiger partial charge in [-0.15, -0.1) is 0 Å². The highest BCUT2D eigenvalue weighted by Gasteiger charge is 2.46. The first kappa shape index (κ1) is 16.3. The van der Waals surface area contributed by atoms with Crippen molar-refractivity contribution in [2.75, 3.05) is 13.7 Å². The Morgan fingerprint density at radius 2 is 1.96 bits per heavy atom. The lowest BCUT2D eigenvalue weighted by molar-refractivity contribution is 0.0572. The van der Waals surface area contributed by atoms with Crippen LogP contribution in [0.4, 0.5) is 0 Å². The van der Waals surface area contributed by atoms with Gasteiger partial charge in [-0.1, -0.05) is 30.3 Å². The molecule has 6 nitrogen and oxygen atoms in total. The van der Waals surface area contributed by atoms with Crippen molar-refractivity contribution >= 4 is 5.97 Å². The smallest absolute Gasteiger partial charge is 0.358 e. The maximum absolute atomic E-state index is 12.3. The van der Waals surface area contributed by atoms with Gasteiger partial charge in [-0.25, -0.2) is 4.79 Å². The molecule has 0 atom stereocenters. The highest BCUT2D eigenvalue weighted by atomic mass is 16.5. The van der Waals surface area contributed by atoms with E-state index in [1.54, 1.807) is 4.57 Å². The van der Waals surface area contributed by atoms with Crippen LogP contribution in [-0.4, -0.2) is 29.4 Å². The number of aromatic nitrogens is 1. The number of methoxy groups -OCH3 is 1. The molecule has 0 spiro atoms. The van der Waals surface area contributed by atoms with Gasteiger partial charge in [0.15, 0.2) is 11.4 Å². The van der Waals surface area contributed by atoms with E-state index in [0.29, 0.717) is 0 Å². The minimum atomic E-state index is -0.657. The summed E-state index contributed by atoms with van der Waals surface area (Å²) in [4.78, 5) is 24.5. The van der Waals surface area contributed by atoms with Crippen molar-refractivity contribution in [3.63, 3.8) is 0 Å². The Balaban J connectivity index is 2.02. The highest BCUT2D eigenvalue weighted by Crippen LogP contribution is 2.44. The summed E-state index contributed by atoms with van der Waals surface area (Å²) >= 11 is 0. The molecule has 126 valence electrons. The molecule has 1 N–H and O–H groups in total. The zero-order valence-corrected chi connectivity index (χ0v) is 13.4. The number of aliphatic hydroxyl groups excluding tert-OH is 1. The normalized spacial score (nSPS) is 14.9. The second-order valence-corrected chi connectivity index (χ2v) is 5.88. The monoisotopic (exact) mass is 329 g/mol. The summed E-state index contributed by atoms with van der Waals surface area (Å²) in [5, 5.41) is 9.67. The van der Waals surface area contributed by atoms with Crippen LogP contribution in [0.25, 0.3) is 0 Å². The molecule has 6 heteroatoms. The zero-order valence-electron chi connectivity index (χ0n) is 13.4. The van der Waals surface area contributed by atoms with E-state index >= 15 is 0 Å². The van der Waals surface area contributed by atoms with Crippen LogP contribution < -0.4 is 10.2 Å². The molecule has 2 aromatic rings. The van der Waals surface area contributed by atoms with Crippen LogP contribution >= 0.6 is 0 Å². The molecule has 1 aliphatic carbocycles. The molecule has 24 heavy (non-hydrogen) atoms. The van der Waals surface area contributed by atoms with Crippen LogP contribution in [0.2, 0.25) is 0 Å². The Kier molecular flexibility index (Phi) is 4.40. The Labute approximate surface area is 139 Å². The van der Waals surface area contributed by atoms with Gasteiger partial charge in [-0.2, -0.15) is 0 Å². The maximum Gasteiger partial charge on any atom is 0.358 e. The van der Waals surface area contributed by atoms with Crippen molar-refractivity contribution in [1.29, 1.82) is 0 Å². The minimum Gasteiger partial charge on any atom is -0.482 e. The second kappa shape index (κ2) is 6.49. The fraction of sp³-hybridized carbons (Fsp3) is 0.333. The van der Waals surface area contributed by atoms with Gasteiger partial charge in [0.1, 0.15) is 6.61 Å². The van der Waals surface area contributed by atoms with E-state index in [1.165, 1.54) is 19.4 Å². The van der Waals surface area contributed by atoms with E-state index in [9.17, 15) is 14.7 Å². The zero-order chi connectivity index (χ0) is 17.2. The lowest BCUT2D eigenvalue weighted by Gasteiger charge is -2.22. The van der Waals surface area contributed by atoms with Gasteiger partial charge in [0.05, 0.1) is 19.3 Å². The SMILES string of the molecule is COC(=O)c1c(OCc2ccccc2)c(=O)ccn1C1(CO)CC1. The van der Waals surface area contributed by atoms with E-state index in [1.807, 2.05) is 30.3 Å². The summed E-state index contributed by atoms with van der Waals surface area (Å²) in [6.07, 6.45) is 2.98. The van der Waals surface area contributed by atoms with E-state index in [4.69, 9.17) is 9.47 Å². The Bertz CT molecular complexity index is 793. The quantitative estimate of drug-likeness (QED) is 0.816. The summed E-state index contributed by atoms with van der Waals surface area (Å²) in [6.45, 7) is 0.0498. The highest BCUT2D eigenvalue weighted by molar-refractivity contribution is 5.90. The fourth-order valence-corrected chi connectivity index (χ4v) is 2.69. The second-order valence-electron chi connectivity index (χ2n) is 5.88. The molecule has 1 aromatic carbocycles. The van der Waals surface area contributed by atoms with Gasteiger partial charge in [0.25, 0.3) is 0 Å². The maximum atomic E-state index is 12.3. The lowest BCUT2D eigenvalue weighted by atomic mass is 10.2. The predicted octanol–water partition coefficient (Wildman–Crippen LogP) is 1.70. The van der Waals surface area contributed by atoms with Crippen LogP contribution in [-0.2, 0) is 16.9 Å². The molecule has 0 bridgehead atoms. The van der Waals surface area contributed by atoms with Crippen LogP contribution in [0, 0.1) is 0 Å². The number of benzene rings is 1. The molecule has 1 fully saturated rings. The van der Waals surface area contributed by atoms with E-state index in [0.717, 1.165) is 18.4 Å². The third kappa shape index (κ3) is 2.92. The van der Waals surface area contributed by atoms with Crippen LogP contribution in [0.3, 0.4) is 0 Å². The standard InChI is InChI=1S/C18H19NO5/c1-23-17(22)15-16(24-11-13-5-3-2-4-6-13)14(21)7-10-19(15)18(12-20)8-9-18/h2-7,10,20H,8-9,11-12H2,1H3. The molecule has 0 aliphatic heterocycles. The molecule has 0 amide bonds. The number of aliphatic hydroxyl groups is 1. The summed E-state index contributed by atoms with van der Waals surface area (Å²) in [7, 11) is 1.25. The number of pyridine rings is 1. The molecular weight excluding hydrogens is 310 g/mol. The van der Waals surface area contributed by atoms with Crippen molar-refractivity contribution < 1.29 is 19.4 Å². The van der Waals surface area contributed by atoms with Gasteiger partial charge >= 0.3 is 5.97 Å². The van der Waals surface area contributed by atoms with Gasteiger partial charge in [0, 0.05) is 12.3 Å². The molecule has 1 saturated carbocycles. The number of esters is 1. The topological polar surface area (TPSA) is 77.8 Å². The van der Waals surface area contributed by atoms with E-state index in [2.05, 4.69) is 0 Å². The number of rotatable bonds is 6. The van der Waals surface area contributed by atoms with Gasteiger partial charge in [-0.3, -0.25) is 4.79 Å². The molecule has 0 radical (unpaired) electrons. The average Bonchev–Trinajstić information content (AvgIpc) is 3.41. The largest absolute Gasteiger partial charge is 0.482 e. The molecule has 0 unspecified atom stereocenters. The molecule has 1 heterocycles. The number of nitrogens with zero attached hydrogens (tertiary/aromatic N) is 1. The number of carbonyl (C=O) groups excluding carboxylic acids is 1. The average molecular weight is 329 g/mol. The van der Waals surface area contributed by atoms with E-state index in [-0.39, 0.29) is 24.7 Å². The third-order valence-corrected chi connectivity index (χ3v) is 4.29. The predicted molar refractivity (Wildman–Crippen MR) is 87.1 cm³/mol. The van der Waals surface area contributed by atoms with Crippen molar-refractivity contribution in [3.05, 3.63) is 64.1 Å². The number of ether oxygens (including phenoxy) is 2. The molecule has 1 aromatic heterocycles. The third-order valence-electron chi connectivity index (χ3n) is 4.29. The number of hydrogen-bond acceptors (Lipinski definition) is 5. The molecule has 1 aliphatic rings.